The van der Waals surface area contributed by atoms with E-state index in [-0.39, 0.29) is 5.83 Å². The zero-order chi connectivity index (χ0) is 18.2. The highest BCUT2D eigenvalue weighted by Gasteiger charge is 2.10. The Balaban J connectivity index is 1.93. The maximum absolute atomic E-state index is 13.7. The number of aryl methyl sites for hydroxylation is 2. The Labute approximate surface area is 146 Å². The van der Waals surface area contributed by atoms with E-state index in [1.54, 1.807) is 0 Å². The number of rotatable bonds is 8. The number of halogens is 4. The molecule has 0 aliphatic rings. The van der Waals surface area contributed by atoms with Crippen LogP contribution in [-0.2, 0) is 12.8 Å². The first-order valence-electron chi connectivity index (χ1n) is 8.58. The second kappa shape index (κ2) is 9.40. The van der Waals surface area contributed by atoms with Crippen LogP contribution in [0.25, 0.3) is 6.08 Å². The van der Waals surface area contributed by atoms with E-state index < -0.39 is 17.5 Å². The molecule has 2 rings (SSSR count). The molecule has 25 heavy (non-hydrogen) atoms. The quantitative estimate of drug-likeness (QED) is 0.280. The summed E-state index contributed by atoms with van der Waals surface area (Å²) in [5, 5.41) is 0. The molecule has 0 aliphatic heterocycles. The van der Waals surface area contributed by atoms with E-state index in [4.69, 9.17) is 0 Å². The maximum atomic E-state index is 13.7. The normalized spacial score (nSPS) is 11.8. The third kappa shape index (κ3) is 6.04. The lowest BCUT2D eigenvalue weighted by Gasteiger charge is -2.05. The molecule has 0 saturated carbocycles. The largest absolute Gasteiger partial charge is 0.212 e. The molecule has 0 bridgehead atoms. The maximum Gasteiger partial charge on any atom is 0.194 e. The summed E-state index contributed by atoms with van der Waals surface area (Å²) in [6, 6.07) is 9.40. The van der Waals surface area contributed by atoms with Gasteiger partial charge in [-0.1, -0.05) is 44.0 Å². The fourth-order valence-corrected chi connectivity index (χ4v) is 2.62. The molecule has 0 heterocycles. The zero-order valence-corrected chi connectivity index (χ0v) is 14.3. The third-order valence-corrected chi connectivity index (χ3v) is 4.07. The molecule has 0 spiro atoms. The van der Waals surface area contributed by atoms with Crippen LogP contribution in [0.2, 0.25) is 0 Å². The van der Waals surface area contributed by atoms with Gasteiger partial charge in [-0.3, -0.25) is 0 Å². The van der Waals surface area contributed by atoms with Gasteiger partial charge in [-0.15, -0.1) is 0 Å². The second-order valence-corrected chi connectivity index (χ2v) is 6.16. The predicted molar refractivity (Wildman–Crippen MR) is 93.4 cm³/mol. The minimum atomic E-state index is -1.44. The summed E-state index contributed by atoms with van der Waals surface area (Å²) in [5.74, 6) is -3.91. The van der Waals surface area contributed by atoms with Crippen molar-refractivity contribution in [2.24, 2.45) is 0 Å². The summed E-state index contributed by atoms with van der Waals surface area (Å²) in [6.45, 7) is 2.08. The molecule has 0 radical (unpaired) electrons. The van der Waals surface area contributed by atoms with Crippen molar-refractivity contribution in [2.45, 2.75) is 45.4 Å². The van der Waals surface area contributed by atoms with Gasteiger partial charge < -0.3 is 0 Å². The molecule has 0 saturated heterocycles. The topological polar surface area (TPSA) is 0 Å². The van der Waals surface area contributed by atoms with Crippen LogP contribution in [0.15, 0.2) is 42.2 Å². The van der Waals surface area contributed by atoms with Crippen LogP contribution in [0.4, 0.5) is 17.6 Å². The van der Waals surface area contributed by atoms with Crippen molar-refractivity contribution in [1.29, 1.82) is 0 Å². The van der Waals surface area contributed by atoms with Gasteiger partial charge in [-0.25, -0.2) is 17.6 Å². The zero-order valence-electron chi connectivity index (χ0n) is 14.3. The van der Waals surface area contributed by atoms with Crippen molar-refractivity contribution in [3.05, 3.63) is 76.4 Å². The second-order valence-electron chi connectivity index (χ2n) is 6.16. The van der Waals surface area contributed by atoms with Crippen molar-refractivity contribution < 1.29 is 17.6 Å². The average molecular weight is 350 g/mol. The first kappa shape index (κ1) is 19.2. The predicted octanol–water partition coefficient (Wildman–Crippen LogP) is 6.78. The Bertz CT molecular complexity index is 694. The molecule has 0 nitrogen and oxygen atoms in total. The van der Waals surface area contributed by atoms with Crippen LogP contribution in [0.1, 0.15) is 49.3 Å². The highest BCUT2D eigenvalue weighted by Crippen LogP contribution is 2.18. The van der Waals surface area contributed by atoms with Crippen LogP contribution < -0.4 is 0 Å². The summed E-state index contributed by atoms with van der Waals surface area (Å²) in [4.78, 5) is 0. The van der Waals surface area contributed by atoms with Crippen LogP contribution >= 0.6 is 0 Å². The molecule has 0 amide bonds. The number of hydrogen-bond donors (Lipinski definition) is 0. The van der Waals surface area contributed by atoms with Gasteiger partial charge in [0.05, 0.1) is 0 Å². The van der Waals surface area contributed by atoms with Gasteiger partial charge in [0, 0.05) is 0 Å². The van der Waals surface area contributed by atoms with E-state index in [0.717, 1.165) is 42.5 Å². The number of hydrogen-bond acceptors (Lipinski definition) is 0. The molecule has 0 aromatic heterocycles. The molecule has 0 fully saturated rings. The van der Waals surface area contributed by atoms with Gasteiger partial charge in [0.1, 0.15) is 5.83 Å². The molecule has 0 aliphatic carbocycles. The monoisotopic (exact) mass is 350 g/mol. The van der Waals surface area contributed by atoms with Crippen molar-refractivity contribution >= 4 is 6.08 Å². The molecular weight excluding hydrogens is 328 g/mol. The van der Waals surface area contributed by atoms with Crippen LogP contribution in [0.3, 0.4) is 0 Å². The minimum absolute atomic E-state index is 0.126. The molecule has 134 valence electrons. The number of unbranched alkanes of at least 4 members (excludes halogenated alkanes) is 2. The van der Waals surface area contributed by atoms with Gasteiger partial charge in [0.15, 0.2) is 17.5 Å². The van der Waals surface area contributed by atoms with Crippen LogP contribution in [0.5, 0.6) is 0 Å². The van der Waals surface area contributed by atoms with Gasteiger partial charge in [-0.05, 0) is 60.6 Å². The summed E-state index contributed by atoms with van der Waals surface area (Å²) < 4.78 is 53.1. The lowest BCUT2D eigenvalue weighted by molar-refractivity contribution is 0.445. The highest BCUT2D eigenvalue weighted by molar-refractivity contribution is 5.51. The lowest BCUT2D eigenvalue weighted by Crippen LogP contribution is -1.97. The summed E-state index contributed by atoms with van der Waals surface area (Å²) in [7, 11) is 0. The molecule has 0 unspecified atom stereocenters. The van der Waals surface area contributed by atoms with Gasteiger partial charge in [0.2, 0.25) is 0 Å². The van der Waals surface area contributed by atoms with Gasteiger partial charge >= 0.3 is 0 Å². The first-order chi connectivity index (χ1) is 12.0. The van der Waals surface area contributed by atoms with E-state index in [0.29, 0.717) is 24.8 Å². The number of allylic oxidation sites excluding steroid dienone is 1. The van der Waals surface area contributed by atoms with Crippen LogP contribution in [-0.4, -0.2) is 0 Å². The molecule has 0 N–H and O–H groups in total. The van der Waals surface area contributed by atoms with Gasteiger partial charge in [0.25, 0.3) is 0 Å². The molecule has 0 atom stereocenters. The van der Waals surface area contributed by atoms with Crippen molar-refractivity contribution in [1.82, 2.24) is 0 Å². The van der Waals surface area contributed by atoms with E-state index in [2.05, 4.69) is 6.92 Å². The highest BCUT2D eigenvalue weighted by atomic mass is 19.2. The van der Waals surface area contributed by atoms with Crippen molar-refractivity contribution in [3.8, 4) is 0 Å². The third-order valence-electron chi connectivity index (χ3n) is 4.07. The van der Waals surface area contributed by atoms with Gasteiger partial charge in [-0.2, -0.15) is 0 Å². The summed E-state index contributed by atoms with van der Waals surface area (Å²) >= 11 is 0. The fourth-order valence-electron chi connectivity index (χ4n) is 2.62. The van der Waals surface area contributed by atoms with Crippen LogP contribution in [0, 0.1) is 17.5 Å². The Morgan fingerprint density at radius 3 is 2.08 bits per heavy atom. The minimum Gasteiger partial charge on any atom is -0.212 e. The SMILES string of the molecule is CCCCCC(F)=Cc1ccc(CCc2cc(F)c(F)c(F)c2)cc1. The Kier molecular flexibility index (Phi) is 7.23. The fraction of sp³-hybridized carbons (Fsp3) is 0.333. The molecule has 2 aromatic carbocycles. The Hall–Kier alpha value is -2.10. The molecule has 4 heteroatoms. The van der Waals surface area contributed by atoms with E-state index in [1.807, 2.05) is 24.3 Å². The smallest absolute Gasteiger partial charge is 0.194 e. The number of benzene rings is 2. The van der Waals surface area contributed by atoms with E-state index in [9.17, 15) is 17.6 Å². The summed E-state index contributed by atoms with van der Waals surface area (Å²) in [6.07, 6.45) is 5.87. The molecule has 2 aromatic rings. The van der Waals surface area contributed by atoms with Crippen molar-refractivity contribution in [3.63, 3.8) is 0 Å². The lowest BCUT2D eigenvalue weighted by atomic mass is 10.0. The van der Waals surface area contributed by atoms with E-state index >= 15 is 0 Å². The van der Waals surface area contributed by atoms with Crippen molar-refractivity contribution in [2.75, 3.05) is 0 Å². The average Bonchev–Trinajstić information content (AvgIpc) is 2.59. The summed E-state index contributed by atoms with van der Waals surface area (Å²) in [5.41, 5.74) is 2.16. The van der Waals surface area contributed by atoms with E-state index in [1.165, 1.54) is 6.08 Å². The Morgan fingerprint density at radius 1 is 0.880 bits per heavy atom. The first-order valence-corrected chi connectivity index (χ1v) is 8.58. The standard InChI is InChI=1S/C21H22F4/c1-2-3-4-5-18(22)12-16-9-6-15(7-10-16)8-11-17-13-19(23)21(25)20(24)14-17/h6-7,9-10,12-14H,2-5,8,11H2,1H3. The molecular formula is C21H22F4. The Morgan fingerprint density at radius 2 is 1.48 bits per heavy atom.